The Morgan fingerprint density at radius 1 is 0.531 bits per heavy atom. The summed E-state index contributed by atoms with van der Waals surface area (Å²) in [6.45, 7) is 6.12. The fraction of sp³-hybridized carbons (Fsp3) is 0.926. The van der Waals surface area contributed by atoms with E-state index in [1.165, 1.54) is 77.0 Å². The van der Waals surface area contributed by atoms with Crippen molar-refractivity contribution < 1.29 is 19.1 Å². The summed E-state index contributed by atoms with van der Waals surface area (Å²) in [5.74, 6) is -0.0905. The summed E-state index contributed by atoms with van der Waals surface area (Å²) in [7, 11) is 0. The molecule has 0 rings (SSSR count). The Hall–Kier alpha value is -1.26. The quantitative estimate of drug-likeness (QED) is 0.118. The van der Waals surface area contributed by atoms with Crippen LogP contribution >= 0.6 is 0 Å². The molecule has 0 spiro atoms. The van der Waals surface area contributed by atoms with Crippen molar-refractivity contribution in [2.24, 2.45) is 0 Å². The van der Waals surface area contributed by atoms with Crippen LogP contribution in [0.25, 0.3) is 0 Å². The van der Waals surface area contributed by atoms with Gasteiger partial charge in [0.1, 0.15) is 0 Å². The maximum Gasteiger partial charge on any atom is 0.407 e. The number of carbonyl (C=O) groups excluding carboxylic acids is 2. The van der Waals surface area contributed by atoms with Gasteiger partial charge in [0.05, 0.1) is 13.2 Å². The molecular weight excluding hydrogens is 402 g/mol. The van der Waals surface area contributed by atoms with E-state index in [4.69, 9.17) is 9.47 Å². The van der Waals surface area contributed by atoms with Crippen LogP contribution in [0.3, 0.4) is 0 Å². The first kappa shape index (κ1) is 30.7. The van der Waals surface area contributed by atoms with Crippen molar-refractivity contribution in [2.45, 2.75) is 142 Å². The number of esters is 1. The van der Waals surface area contributed by atoms with E-state index < -0.39 is 0 Å². The molecule has 0 aromatic rings. The molecule has 0 aromatic carbocycles. The van der Waals surface area contributed by atoms with Crippen LogP contribution < -0.4 is 5.32 Å². The molecule has 0 aromatic heterocycles. The molecule has 0 aliphatic heterocycles. The van der Waals surface area contributed by atoms with Gasteiger partial charge in [-0.2, -0.15) is 0 Å². The lowest BCUT2D eigenvalue weighted by molar-refractivity contribution is -0.143. The minimum Gasteiger partial charge on any atom is -0.466 e. The van der Waals surface area contributed by atoms with Crippen LogP contribution in [0, 0.1) is 0 Å². The van der Waals surface area contributed by atoms with Gasteiger partial charge in [-0.3, -0.25) is 4.79 Å². The third kappa shape index (κ3) is 25.0. The second-order valence-electron chi connectivity index (χ2n) is 9.04. The van der Waals surface area contributed by atoms with Gasteiger partial charge in [-0.05, 0) is 25.7 Å². The van der Waals surface area contributed by atoms with Crippen LogP contribution in [0.5, 0.6) is 0 Å². The number of rotatable bonds is 24. The third-order valence-electron chi connectivity index (χ3n) is 5.82. The highest BCUT2D eigenvalue weighted by Gasteiger charge is 2.04. The predicted molar refractivity (Wildman–Crippen MR) is 134 cm³/mol. The van der Waals surface area contributed by atoms with Gasteiger partial charge in [0.15, 0.2) is 0 Å². The monoisotopic (exact) mass is 455 g/mol. The fourth-order valence-electron chi connectivity index (χ4n) is 3.71. The van der Waals surface area contributed by atoms with Gasteiger partial charge in [0.2, 0.25) is 0 Å². The highest BCUT2D eigenvalue weighted by atomic mass is 16.5. The first-order valence-electron chi connectivity index (χ1n) is 13.8. The Morgan fingerprint density at radius 2 is 0.969 bits per heavy atom. The lowest BCUT2D eigenvalue weighted by atomic mass is 10.1. The second-order valence-corrected chi connectivity index (χ2v) is 9.04. The number of nitrogens with one attached hydrogen (secondary N) is 1. The SMILES string of the molecule is CCCCCCCCCCCCOC(=O)CCCCCNC(=O)OCCCCCCCC. The highest BCUT2D eigenvalue weighted by molar-refractivity contribution is 5.69. The largest absolute Gasteiger partial charge is 0.466 e. The molecule has 0 radical (unpaired) electrons. The maximum atomic E-state index is 11.8. The van der Waals surface area contributed by atoms with Gasteiger partial charge < -0.3 is 14.8 Å². The summed E-state index contributed by atoms with van der Waals surface area (Å²) in [4.78, 5) is 23.4. The Labute approximate surface area is 198 Å². The van der Waals surface area contributed by atoms with Crippen molar-refractivity contribution in [3.05, 3.63) is 0 Å². The standard InChI is InChI=1S/C27H53NO4/c1-3-5-7-9-11-12-13-14-16-20-24-31-26(29)22-18-17-19-23-28-27(30)32-25-21-15-10-8-6-4-2/h3-25H2,1-2H3,(H,28,30). The lowest BCUT2D eigenvalue weighted by Gasteiger charge is -2.07. The van der Waals surface area contributed by atoms with Gasteiger partial charge in [0.25, 0.3) is 0 Å². The molecule has 190 valence electrons. The summed E-state index contributed by atoms with van der Waals surface area (Å²) < 4.78 is 10.5. The first-order chi connectivity index (χ1) is 15.7. The van der Waals surface area contributed by atoms with Crippen LogP contribution in [0.15, 0.2) is 0 Å². The zero-order chi connectivity index (χ0) is 23.5. The molecule has 0 heterocycles. The summed E-state index contributed by atoms with van der Waals surface area (Å²) in [6.07, 6.45) is 22.7. The number of amides is 1. The van der Waals surface area contributed by atoms with Crippen LogP contribution in [0.1, 0.15) is 142 Å². The molecule has 5 heteroatoms. The van der Waals surface area contributed by atoms with Crippen molar-refractivity contribution in [3.8, 4) is 0 Å². The molecule has 0 aliphatic carbocycles. The van der Waals surface area contributed by atoms with Gasteiger partial charge in [0, 0.05) is 13.0 Å². The van der Waals surface area contributed by atoms with Crippen molar-refractivity contribution in [2.75, 3.05) is 19.8 Å². The first-order valence-corrected chi connectivity index (χ1v) is 13.8. The van der Waals surface area contributed by atoms with Crippen LogP contribution in [0.2, 0.25) is 0 Å². The Bertz CT molecular complexity index is 414. The van der Waals surface area contributed by atoms with Crippen LogP contribution in [-0.2, 0) is 14.3 Å². The van der Waals surface area contributed by atoms with Crippen LogP contribution in [-0.4, -0.2) is 31.8 Å². The molecule has 1 N–H and O–H groups in total. The Kier molecular flexibility index (Phi) is 25.0. The maximum absolute atomic E-state index is 11.8. The molecule has 0 aliphatic rings. The van der Waals surface area contributed by atoms with Gasteiger partial charge >= 0.3 is 12.1 Å². The molecule has 0 atom stereocenters. The van der Waals surface area contributed by atoms with E-state index in [0.717, 1.165) is 44.9 Å². The Morgan fingerprint density at radius 3 is 1.50 bits per heavy atom. The van der Waals surface area contributed by atoms with Crippen molar-refractivity contribution in [1.29, 1.82) is 0 Å². The lowest BCUT2D eigenvalue weighted by Crippen LogP contribution is -2.25. The van der Waals surface area contributed by atoms with Crippen LogP contribution in [0.4, 0.5) is 4.79 Å². The van der Waals surface area contributed by atoms with Crippen molar-refractivity contribution >= 4 is 12.1 Å². The van der Waals surface area contributed by atoms with Gasteiger partial charge in [-0.25, -0.2) is 4.79 Å². The minimum atomic E-state index is -0.325. The van der Waals surface area contributed by atoms with Gasteiger partial charge in [-0.1, -0.05) is 110 Å². The summed E-state index contributed by atoms with van der Waals surface area (Å²) in [6, 6.07) is 0. The Balaban J connectivity index is 3.26. The van der Waals surface area contributed by atoms with E-state index >= 15 is 0 Å². The fourth-order valence-corrected chi connectivity index (χ4v) is 3.71. The molecule has 0 unspecified atom stereocenters. The second kappa shape index (κ2) is 26.0. The van der Waals surface area contributed by atoms with E-state index in [9.17, 15) is 9.59 Å². The smallest absolute Gasteiger partial charge is 0.407 e. The highest BCUT2D eigenvalue weighted by Crippen LogP contribution is 2.11. The number of hydrogen-bond acceptors (Lipinski definition) is 4. The molecule has 32 heavy (non-hydrogen) atoms. The zero-order valence-electron chi connectivity index (χ0n) is 21.4. The molecule has 0 bridgehead atoms. The number of ether oxygens (including phenoxy) is 2. The molecular formula is C27H53NO4. The normalized spacial score (nSPS) is 10.8. The van der Waals surface area contributed by atoms with Crippen molar-refractivity contribution in [1.82, 2.24) is 5.32 Å². The van der Waals surface area contributed by atoms with E-state index in [0.29, 0.717) is 26.2 Å². The molecule has 0 saturated heterocycles. The minimum absolute atomic E-state index is 0.0905. The predicted octanol–water partition coefficient (Wildman–Crippen LogP) is 8.10. The van der Waals surface area contributed by atoms with E-state index in [-0.39, 0.29) is 12.1 Å². The number of unbranched alkanes of at least 4 members (excludes halogenated alkanes) is 16. The number of hydrogen-bond donors (Lipinski definition) is 1. The average Bonchev–Trinajstić information content (AvgIpc) is 2.79. The summed E-state index contributed by atoms with van der Waals surface area (Å²) in [5.41, 5.74) is 0. The molecule has 5 nitrogen and oxygen atoms in total. The number of alkyl carbamates (subject to hydrolysis) is 1. The average molecular weight is 456 g/mol. The molecule has 1 amide bonds. The summed E-state index contributed by atoms with van der Waals surface area (Å²) >= 11 is 0. The van der Waals surface area contributed by atoms with Gasteiger partial charge in [-0.15, -0.1) is 0 Å². The van der Waals surface area contributed by atoms with E-state index in [2.05, 4.69) is 19.2 Å². The topological polar surface area (TPSA) is 64.6 Å². The molecule has 0 saturated carbocycles. The zero-order valence-corrected chi connectivity index (χ0v) is 21.4. The van der Waals surface area contributed by atoms with Crippen molar-refractivity contribution in [3.63, 3.8) is 0 Å². The van der Waals surface area contributed by atoms with E-state index in [1.54, 1.807) is 0 Å². The number of carbonyl (C=O) groups is 2. The molecule has 0 fully saturated rings. The summed E-state index contributed by atoms with van der Waals surface area (Å²) in [5, 5.41) is 2.78. The third-order valence-corrected chi connectivity index (χ3v) is 5.82. The van der Waals surface area contributed by atoms with E-state index in [1.807, 2.05) is 0 Å².